The molecule has 0 amide bonds. The van der Waals surface area contributed by atoms with Crippen LogP contribution in [0.4, 0.5) is 0 Å². The van der Waals surface area contributed by atoms with Gasteiger partial charge in [-0.25, -0.2) is 0 Å². The molecule has 1 heterocycles. The molecule has 0 bridgehead atoms. The third-order valence-corrected chi connectivity index (χ3v) is 4.38. The molecule has 0 atom stereocenters. The highest BCUT2D eigenvalue weighted by atomic mass is 16.1. The molecule has 1 aliphatic rings. The Labute approximate surface area is 123 Å². The van der Waals surface area contributed by atoms with Gasteiger partial charge >= 0.3 is 0 Å². The fraction of sp³-hybridized carbons (Fsp3) is 0.158. The number of nitrogens with zero attached hydrogens (tertiary/aromatic N) is 1. The molecule has 1 saturated carbocycles. The van der Waals surface area contributed by atoms with Crippen LogP contribution in [0.15, 0.2) is 66.9 Å². The number of benzene rings is 2. The Hall–Kier alpha value is -2.48. The van der Waals surface area contributed by atoms with Gasteiger partial charge in [0.15, 0.2) is 5.78 Å². The van der Waals surface area contributed by atoms with Crippen molar-refractivity contribution in [1.29, 1.82) is 0 Å². The largest absolute Gasteiger partial charge is 0.293 e. The molecular weight excluding hydrogens is 258 g/mol. The molecule has 1 fully saturated rings. The second kappa shape index (κ2) is 4.52. The maximum atomic E-state index is 12.9. The van der Waals surface area contributed by atoms with Crippen LogP contribution < -0.4 is 0 Å². The average Bonchev–Trinajstić information content (AvgIpc) is 3.36. The molecule has 4 rings (SSSR count). The summed E-state index contributed by atoms with van der Waals surface area (Å²) in [4.78, 5) is 17.3. The second-order valence-corrected chi connectivity index (χ2v) is 5.69. The number of fused-ring (bicyclic) bond motifs is 1. The first-order valence-corrected chi connectivity index (χ1v) is 7.25. The zero-order valence-corrected chi connectivity index (χ0v) is 11.6. The average molecular weight is 273 g/mol. The number of carbonyl (C=O) groups excluding carboxylic acids is 1. The number of ketones is 1. The van der Waals surface area contributed by atoms with E-state index in [2.05, 4.69) is 17.1 Å². The number of hydrogen-bond donors (Lipinski definition) is 0. The van der Waals surface area contributed by atoms with Gasteiger partial charge in [0.05, 0.1) is 10.9 Å². The van der Waals surface area contributed by atoms with Gasteiger partial charge in [0.2, 0.25) is 0 Å². The Morgan fingerprint density at radius 3 is 2.52 bits per heavy atom. The first kappa shape index (κ1) is 12.3. The molecule has 2 heteroatoms. The molecule has 21 heavy (non-hydrogen) atoms. The van der Waals surface area contributed by atoms with Crippen molar-refractivity contribution in [3.05, 3.63) is 78.0 Å². The predicted molar refractivity (Wildman–Crippen MR) is 83.4 cm³/mol. The Balaban J connectivity index is 1.77. The predicted octanol–water partition coefficient (Wildman–Crippen LogP) is 4.15. The molecule has 102 valence electrons. The van der Waals surface area contributed by atoms with E-state index in [0.717, 1.165) is 34.9 Å². The van der Waals surface area contributed by atoms with Gasteiger partial charge in [-0.05, 0) is 30.5 Å². The van der Waals surface area contributed by atoms with Gasteiger partial charge in [0, 0.05) is 17.1 Å². The molecule has 1 aromatic heterocycles. The topological polar surface area (TPSA) is 30.0 Å². The lowest BCUT2D eigenvalue weighted by Gasteiger charge is -2.14. The minimum absolute atomic E-state index is 0.223. The third kappa shape index (κ3) is 1.95. The van der Waals surface area contributed by atoms with Crippen LogP contribution in [-0.4, -0.2) is 10.8 Å². The molecule has 0 N–H and O–H groups in total. The number of rotatable bonds is 3. The van der Waals surface area contributed by atoms with Crippen LogP contribution >= 0.6 is 0 Å². The summed E-state index contributed by atoms with van der Waals surface area (Å²) < 4.78 is 0. The fourth-order valence-corrected chi connectivity index (χ4v) is 3.01. The molecular formula is C19H15NO. The van der Waals surface area contributed by atoms with E-state index in [1.54, 1.807) is 6.20 Å². The summed E-state index contributed by atoms with van der Waals surface area (Å²) in [6.07, 6.45) is 3.65. The molecule has 0 aliphatic heterocycles. The second-order valence-electron chi connectivity index (χ2n) is 5.69. The van der Waals surface area contributed by atoms with Crippen molar-refractivity contribution in [2.24, 2.45) is 0 Å². The summed E-state index contributed by atoms with van der Waals surface area (Å²) >= 11 is 0. The SMILES string of the molecule is O=C(c1ccc2cccnc2c1)C1(c2ccccc2)CC1. The number of Topliss-reactive ketones (excluding diaryl/α,β-unsaturated/α-hetero) is 1. The Morgan fingerprint density at radius 2 is 1.76 bits per heavy atom. The van der Waals surface area contributed by atoms with Crippen molar-refractivity contribution in [1.82, 2.24) is 4.98 Å². The first-order valence-electron chi connectivity index (χ1n) is 7.25. The fourth-order valence-electron chi connectivity index (χ4n) is 3.01. The van der Waals surface area contributed by atoms with Crippen LogP contribution in [0.3, 0.4) is 0 Å². The normalized spacial score (nSPS) is 15.8. The minimum atomic E-state index is -0.302. The summed E-state index contributed by atoms with van der Waals surface area (Å²) in [5.74, 6) is 0.223. The van der Waals surface area contributed by atoms with Gasteiger partial charge in [-0.15, -0.1) is 0 Å². The number of carbonyl (C=O) groups is 1. The maximum Gasteiger partial charge on any atom is 0.173 e. The van der Waals surface area contributed by atoms with Crippen molar-refractivity contribution < 1.29 is 4.79 Å². The molecule has 1 aliphatic carbocycles. The molecule has 0 saturated heterocycles. The Kier molecular flexibility index (Phi) is 2.64. The standard InChI is InChI=1S/C19H15NO/c21-18(19(10-11-19)16-6-2-1-3-7-16)15-9-8-14-5-4-12-20-17(14)13-15/h1-9,12-13H,10-11H2. The summed E-state index contributed by atoms with van der Waals surface area (Å²) in [5.41, 5.74) is 2.48. The minimum Gasteiger partial charge on any atom is -0.293 e. The van der Waals surface area contributed by atoms with Crippen LogP contribution in [0.5, 0.6) is 0 Å². The van der Waals surface area contributed by atoms with Crippen LogP contribution in [-0.2, 0) is 5.41 Å². The van der Waals surface area contributed by atoms with Crippen molar-refractivity contribution in [3.63, 3.8) is 0 Å². The molecule has 0 spiro atoms. The summed E-state index contributed by atoms with van der Waals surface area (Å²) in [5, 5.41) is 1.07. The van der Waals surface area contributed by atoms with Crippen LogP contribution in [0.1, 0.15) is 28.8 Å². The highest BCUT2D eigenvalue weighted by molar-refractivity contribution is 6.07. The zero-order chi connectivity index (χ0) is 14.3. The van der Waals surface area contributed by atoms with E-state index in [0.29, 0.717) is 0 Å². The van der Waals surface area contributed by atoms with E-state index in [1.807, 2.05) is 48.5 Å². The smallest absolute Gasteiger partial charge is 0.173 e. The van der Waals surface area contributed by atoms with Crippen molar-refractivity contribution in [3.8, 4) is 0 Å². The van der Waals surface area contributed by atoms with E-state index in [9.17, 15) is 4.79 Å². The van der Waals surface area contributed by atoms with Gasteiger partial charge in [0.1, 0.15) is 0 Å². The van der Waals surface area contributed by atoms with E-state index in [1.165, 1.54) is 0 Å². The third-order valence-electron chi connectivity index (χ3n) is 4.38. The lowest BCUT2D eigenvalue weighted by Crippen LogP contribution is -2.20. The van der Waals surface area contributed by atoms with E-state index >= 15 is 0 Å². The summed E-state index contributed by atoms with van der Waals surface area (Å²) in [6.45, 7) is 0. The lowest BCUT2D eigenvalue weighted by molar-refractivity contribution is 0.0946. The van der Waals surface area contributed by atoms with E-state index in [-0.39, 0.29) is 11.2 Å². The maximum absolute atomic E-state index is 12.9. The van der Waals surface area contributed by atoms with Gasteiger partial charge in [-0.2, -0.15) is 0 Å². The molecule has 2 nitrogen and oxygen atoms in total. The van der Waals surface area contributed by atoms with Crippen molar-refractivity contribution in [2.45, 2.75) is 18.3 Å². The number of hydrogen-bond acceptors (Lipinski definition) is 2. The first-order chi connectivity index (χ1) is 10.3. The Bertz CT molecular complexity index is 819. The summed E-state index contributed by atoms with van der Waals surface area (Å²) in [7, 11) is 0. The lowest BCUT2D eigenvalue weighted by atomic mass is 9.87. The van der Waals surface area contributed by atoms with E-state index in [4.69, 9.17) is 0 Å². The van der Waals surface area contributed by atoms with Gasteiger partial charge < -0.3 is 0 Å². The van der Waals surface area contributed by atoms with Crippen LogP contribution in [0.2, 0.25) is 0 Å². The highest BCUT2D eigenvalue weighted by Gasteiger charge is 2.51. The van der Waals surface area contributed by atoms with Gasteiger partial charge in [-0.1, -0.05) is 48.5 Å². The quantitative estimate of drug-likeness (QED) is 0.671. The molecule has 0 radical (unpaired) electrons. The summed E-state index contributed by atoms with van der Waals surface area (Å²) in [6, 6.07) is 19.9. The number of aromatic nitrogens is 1. The zero-order valence-electron chi connectivity index (χ0n) is 11.6. The Morgan fingerprint density at radius 1 is 0.952 bits per heavy atom. The van der Waals surface area contributed by atoms with Gasteiger partial charge in [0.25, 0.3) is 0 Å². The van der Waals surface area contributed by atoms with Crippen LogP contribution in [0, 0.1) is 0 Å². The number of pyridine rings is 1. The van der Waals surface area contributed by atoms with E-state index < -0.39 is 0 Å². The van der Waals surface area contributed by atoms with Crippen molar-refractivity contribution >= 4 is 16.7 Å². The highest BCUT2D eigenvalue weighted by Crippen LogP contribution is 2.50. The monoisotopic (exact) mass is 273 g/mol. The van der Waals surface area contributed by atoms with Gasteiger partial charge in [-0.3, -0.25) is 9.78 Å². The molecule has 3 aromatic rings. The van der Waals surface area contributed by atoms with Crippen molar-refractivity contribution in [2.75, 3.05) is 0 Å². The van der Waals surface area contributed by atoms with Crippen LogP contribution in [0.25, 0.3) is 10.9 Å². The molecule has 0 unspecified atom stereocenters. The molecule has 2 aromatic carbocycles.